The summed E-state index contributed by atoms with van der Waals surface area (Å²) in [5.74, 6) is -2.52. The molecule has 1 aromatic rings. The highest BCUT2D eigenvalue weighted by Crippen LogP contribution is 2.17. The van der Waals surface area contributed by atoms with Crippen LogP contribution < -0.4 is 11.1 Å². The average molecular weight is 300 g/mol. The molecule has 0 aliphatic rings. The van der Waals surface area contributed by atoms with Gasteiger partial charge < -0.3 is 15.8 Å². The molecule has 1 aromatic carbocycles. The predicted molar refractivity (Wildman–Crippen MR) is 74.7 cm³/mol. The van der Waals surface area contributed by atoms with Crippen LogP contribution >= 0.6 is 0 Å². The minimum absolute atomic E-state index is 0.317. The van der Waals surface area contributed by atoms with E-state index in [-0.39, 0.29) is 0 Å². The van der Waals surface area contributed by atoms with E-state index in [4.69, 9.17) is 5.73 Å². The van der Waals surface area contributed by atoms with E-state index in [1.54, 1.807) is 24.3 Å². The van der Waals surface area contributed by atoms with Crippen LogP contribution in [0.2, 0.25) is 0 Å². The topological polar surface area (TPSA) is 116 Å². The Hall–Kier alpha value is -2.09. The van der Waals surface area contributed by atoms with Crippen LogP contribution in [0.4, 0.5) is 11.4 Å². The SMILES string of the molecule is COC(=O)CS(=O)(=O)C(C)C(=O)Nc1ccccc1N. The number of carbonyl (C=O) groups is 2. The second-order valence-corrected chi connectivity index (χ2v) is 6.42. The number of rotatable bonds is 5. The van der Waals surface area contributed by atoms with Crippen molar-refractivity contribution in [2.45, 2.75) is 12.2 Å². The number of amides is 1. The molecular formula is C12H16N2O5S. The average Bonchev–Trinajstić information content (AvgIpc) is 2.39. The summed E-state index contributed by atoms with van der Waals surface area (Å²) in [4.78, 5) is 22.9. The van der Waals surface area contributed by atoms with Gasteiger partial charge in [-0.05, 0) is 19.1 Å². The molecule has 1 amide bonds. The van der Waals surface area contributed by atoms with E-state index < -0.39 is 32.7 Å². The van der Waals surface area contributed by atoms with Gasteiger partial charge in [0.25, 0.3) is 0 Å². The van der Waals surface area contributed by atoms with Gasteiger partial charge in [0.2, 0.25) is 5.91 Å². The summed E-state index contributed by atoms with van der Waals surface area (Å²) in [6, 6.07) is 6.46. The highest BCUT2D eigenvalue weighted by Gasteiger charge is 2.30. The molecule has 0 aliphatic heterocycles. The fourth-order valence-electron chi connectivity index (χ4n) is 1.36. The van der Waals surface area contributed by atoms with Gasteiger partial charge >= 0.3 is 5.97 Å². The third-order valence-corrected chi connectivity index (χ3v) is 4.60. The van der Waals surface area contributed by atoms with Crippen molar-refractivity contribution in [3.8, 4) is 0 Å². The van der Waals surface area contributed by atoms with Crippen molar-refractivity contribution < 1.29 is 22.7 Å². The molecule has 3 N–H and O–H groups in total. The number of benzene rings is 1. The molecule has 7 nitrogen and oxygen atoms in total. The molecule has 0 aromatic heterocycles. The first-order chi connectivity index (χ1) is 9.27. The Morgan fingerprint density at radius 1 is 1.35 bits per heavy atom. The lowest BCUT2D eigenvalue weighted by Gasteiger charge is -2.13. The van der Waals surface area contributed by atoms with E-state index in [1.165, 1.54) is 6.92 Å². The molecule has 8 heteroatoms. The van der Waals surface area contributed by atoms with E-state index in [1.807, 2.05) is 0 Å². The Balaban J connectivity index is 2.82. The number of sulfone groups is 1. The summed E-state index contributed by atoms with van der Waals surface area (Å²) >= 11 is 0. The number of nitrogen functional groups attached to an aromatic ring is 1. The van der Waals surface area contributed by atoms with Crippen molar-refractivity contribution in [3.05, 3.63) is 24.3 Å². The van der Waals surface area contributed by atoms with Gasteiger partial charge in [-0.2, -0.15) is 0 Å². The number of anilines is 2. The van der Waals surface area contributed by atoms with E-state index in [0.717, 1.165) is 7.11 Å². The lowest BCUT2D eigenvalue weighted by atomic mass is 10.2. The first-order valence-corrected chi connectivity index (χ1v) is 7.43. The molecule has 1 atom stereocenters. The molecule has 0 spiro atoms. The number of hydrogen-bond acceptors (Lipinski definition) is 6. The molecule has 0 bridgehead atoms. The Morgan fingerprint density at radius 3 is 2.50 bits per heavy atom. The molecule has 0 radical (unpaired) electrons. The third-order valence-electron chi connectivity index (χ3n) is 2.67. The molecule has 0 heterocycles. The molecule has 0 aliphatic carbocycles. The fraction of sp³-hybridized carbons (Fsp3) is 0.333. The van der Waals surface area contributed by atoms with Crippen LogP contribution in [0.15, 0.2) is 24.3 Å². The Kier molecular flexibility index (Phi) is 5.09. The van der Waals surface area contributed by atoms with Crippen molar-refractivity contribution >= 4 is 33.1 Å². The van der Waals surface area contributed by atoms with Crippen LogP contribution in [0.3, 0.4) is 0 Å². The zero-order valence-electron chi connectivity index (χ0n) is 11.1. The van der Waals surface area contributed by atoms with Crippen LogP contribution in [-0.2, 0) is 24.2 Å². The molecule has 110 valence electrons. The number of nitrogens with two attached hydrogens (primary N) is 1. The number of hydrogen-bond donors (Lipinski definition) is 2. The maximum Gasteiger partial charge on any atom is 0.320 e. The third kappa shape index (κ3) is 3.95. The smallest absolute Gasteiger partial charge is 0.320 e. The van der Waals surface area contributed by atoms with E-state index in [0.29, 0.717) is 11.4 Å². The quantitative estimate of drug-likeness (QED) is 0.592. The molecule has 20 heavy (non-hydrogen) atoms. The van der Waals surface area contributed by atoms with Crippen LogP contribution in [0.25, 0.3) is 0 Å². The summed E-state index contributed by atoms with van der Waals surface area (Å²) in [5.41, 5.74) is 6.28. The summed E-state index contributed by atoms with van der Waals surface area (Å²) in [6.45, 7) is 1.20. The van der Waals surface area contributed by atoms with Crippen molar-refractivity contribution in [1.29, 1.82) is 0 Å². The Morgan fingerprint density at radius 2 is 1.95 bits per heavy atom. The number of para-hydroxylation sites is 2. The minimum atomic E-state index is -3.93. The van der Waals surface area contributed by atoms with Gasteiger partial charge in [0.15, 0.2) is 9.84 Å². The van der Waals surface area contributed by atoms with E-state index >= 15 is 0 Å². The molecule has 1 unspecified atom stereocenters. The number of esters is 1. The first kappa shape index (κ1) is 16.0. The number of carbonyl (C=O) groups excluding carboxylic acids is 2. The van der Waals surface area contributed by atoms with Gasteiger partial charge in [0.1, 0.15) is 11.0 Å². The first-order valence-electron chi connectivity index (χ1n) is 5.71. The molecular weight excluding hydrogens is 284 g/mol. The van der Waals surface area contributed by atoms with E-state index in [9.17, 15) is 18.0 Å². The normalized spacial score (nSPS) is 12.5. The highest BCUT2D eigenvalue weighted by molar-refractivity contribution is 7.93. The second kappa shape index (κ2) is 6.38. The van der Waals surface area contributed by atoms with Crippen molar-refractivity contribution in [3.63, 3.8) is 0 Å². The molecule has 0 saturated carbocycles. The van der Waals surface area contributed by atoms with E-state index in [2.05, 4.69) is 10.1 Å². The van der Waals surface area contributed by atoms with Gasteiger partial charge in [-0.3, -0.25) is 9.59 Å². The standard InChI is InChI=1S/C12H16N2O5S/c1-8(20(17,18)7-11(15)19-2)12(16)14-10-6-4-3-5-9(10)13/h3-6,8H,7,13H2,1-2H3,(H,14,16). The second-order valence-electron chi connectivity index (χ2n) is 4.10. The Bertz CT molecular complexity index is 612. The van der Waals surface area contributed by atoms with Crippen LogP contribution in [0.5, 0.6) is 0 Å². The summed E-state index contributed by atoms with van der Waals surface area (Å²) in [7, 11) is -2.85. The largest absolute Gasteiger partial charge is 0.468 e. The monoisotopic (exact) mass is 300 g/mol. The summed E-state index contributed by atoms with van der Waals surface area (Å²) in [5, 5.41) is 1.02. The number of nitrogens with one attached hydrogen (secondary N) is 1. The van der Waals surface area contributed by atoms with Crippen molar-refractivity contribution in [2.24, 2.45) is 0 Å². The van der Waals surface area contributed by atoms with Crippen LogP contribution in [0.1, 0.15) is 6.92 Å². The maximum atomic E-state index is 11.9. The van der Waals surface area contributed by atoms with Gasteiger partial charge in [-0.1, -0.05) is 12.1 Å². The summed E-state index contributed by atoms with van der Waals surface area (Å²) in [6.07, 6.45) is 0. The van der Waals surface area contributed by atoms with Crippen molar-refractivity contribution in [1.82, 2.24) is 0 Å². The highest BCUT2D eigenvalue weighted by atomic mass is 32.2. The molecule has 1 rings (SSSR count). The number of ether oxygens (including phenoxy) is 1. The predicted octanol–water partition coefficient (Wildman–Crippen LogP) is 0.184. The zero-order valence-corrected chi connectivity index (χ0v) is 11.9. The fourth-order valence-corrected chi connectivity index (χ4v) is 2.44. The summed E-state index contributed by atoms with van der Waals surface area (Å²) < 4.78 is 27.9. The number of methoxy groups -OCH3 is 1. The van der Waals surface area contributed by atoms with Gasteiger partial charge in [-0.25, -0.2) is 8.42 Å². The van der Waals surface area contributed by atoms with Crippen molar-refractivity contribution in [2.75, 3.05) is 23.9 Å². The zero-order chi connectivity index (χ0) is 15.3. The molecule has 0 fully saturated rings. The van der Waals surface area contributed by atoms with Crippen LogP contribution in [0, 0.1) is 0 Å². The minimum Gasteiger partial charge on any atom is -0.468 e. The van der Waals surface area contributed by atoms with Gasteiger partial charge in [0, 0.05) is 0 Å². The van der Waals surface area contributed by atoms with Crippen LogP contribution in [-0.4, -0.2) is 38.4 Å². The lowest BCUT2D eigenvalue weighted by molar-refractivity contribution is -0.137. The molecule has 0 saturated heterocycles. The Labute approximate surface area is 117 Å². The maximum absolute atomic E-state index is 11.9. The lowest BCUT2D eigenvalue weighted by Crippen LogP contribution is -2.36. The van der Waals surface area contributed by atoms with Gasteiger partial charge in [-0.15, -0.1) is 0 Å². The van der Waals surface area contributed by atoms with Gasteiger partial charge in [0.05, 0.1) is 18.5 Å².